The predicted octanol–water partition coefficient (Wildman–Crippen LogP) is 7.21. The molecule has 1 aliphatic heterocycles. The van der Waals surface area contributed by atoms with Gasteiger partial charge in [-0.2, -0.15) is 5.26 Å². The number of nitrogens with one attached hydrogen (secondary N) is 1. The highest BCUT2D eigenvalue weighted by Gasteiger charge is 2.34. The number of amides is 1. The molecule has 5 aromatic rings. The maximum atomic E-state index is 13.8. The van der Waals surface area contributed by atoms with Crippen LogP contribution in [0, 0.1) is 18.3 Å². The van der Waals surface area contributed by atoms with Crippen LogP contribution < -0.4 is 24.8 Å². The fraction of sp³-hybridized carbons (Fsp3) is 0.256. The Hall–Kier alpha value is -5.38. The van der Waals surface area contributed by atoms with E-state index in [-0.39, 0.29) is 24.0 Å². The van der Waals surface area contributed by atoms with Crippen LogP contribution in [-0.2, 0) is 34.6 Å². The standard InChI is InChI=1S/C43H44ClN5O5S/c1-30-34(13-8-14-38(30)33-11-5-4-6-12-33)29-54-41-25-40(53-28-32-10-7-9-31(23-32)26-45)35(24-39(41)44)27-47-43(2,3)42(50)49-21-19-48(20-22-49)36-15-17-37(18-16-36)55(46,51)52/h4-18,23-25,47H,19-22,27-29H2,1-3H3,(H2,46,51,52). The molecule has 1 fully saturated rings. The fourth-order valence-corrected chi connectivity index (χ4v) is 7.33. The summed E-state index contributed by atoms with van der Waals surface area (Å²) in [6.45, 7) is 8.76. The Balaban J connectivity index is 1.15. The van der Waals surface area contributed by atoms with Crippen molar-refractivity contribution >= 4 is 33.2 Å². The number of sulfonamides is 1. The highest BCUT2D eigenvalue weighted by molar-refractivity contribution is 7.89. The van der Waals surface area contributed by atoms with E-state index in [0.29, 0.717) is 54.9 Å². The molecule has 5 aromatic carbocycles. The zero-order chi connectivity index (χ0) is 39.2. The number of nitriles is 1. The number of benzene rings is 5. The van der Waals surface area contributed by atoms with Gasteiger partial charge < -0.3 is 19.3 Å². The minimum absolute atomic E-state index is 0.0494. The zero-order valence-electron chi connectivity index (χ0n) is 31.1. The summed E-state index contributed by atoms with van der Waals surface area (Å²) in [5, 5.41) is 18.5. The number of hydrogen-bond acceptors (Lipinski definition) is 8. The summed E-state index contributed by atoms with van der Waals surface area (Å²) in [6.07, 6.45) is 0. The highest BCUT2D eigenvalue weighted by atomic mass is 35.5. The van der Waals surface area contributed by atoms with E-state index >= 15 is 0 Å². The van der Waals surface area contributed by atoms with Crippen LogP contribution in [0.4, 0.5) is 5.69 Å². The number of nitrogens with zero attached hydrogens (tertiary/aromatic N) is 3. The van der Waals surface area contributed by atoms with E-state index in [0.717, 1.165) is 39.1 Å². The number of halogens is 1. The molecule has 1 saturated heterocycles. The maximum Gasteiger partial charge on any atom is 0.242 e. The van der Waals surface area contributed by atoms with Gasteiger partial charge in [-0.1, -0.05) is 72.3 Å². The Bertz CT molecular complexity index is 2300. The van der Waals surface area contributed by atoms with Gasteiger partial charge in [-0.05, 0) is 91.1 Å². The lowest BCUT2D eigenvalue weighted by Crippen LogP contribution is -2.58. The van der Waals surface area contributed by atoms with Gasteiger partial charge in [0.1, 0.15) is 24.7 Å². The van der Waals surface area contributed by atoms with E-state index in [1.54, 1.807) is 36.4 Å². The number of anilines is 1. The number of primary sulfonamides is 1. The van der Waals surface area contributed by atoms with E-state index in [1.165, 1.54) is 12.1 Å². The molecule has 0 saturated carbocycles. The van der Waals surface area contributed by atoms with Crippen LogP contribution >= 0.6 is 11.6 Å². The Morgan fingerprint density at radius 1 is 0.855 bits per heavy atom. The number of rotatable bonds is 13. The largest absolute Gasteiger partial charge is 0.488 e. The summed E-state index contributed by atoms with van der Waals surface area (Å²) in [5.74, 6) is 0.948. The minimum Gasteiger partial charge on any atom is -0.488 e. The molecule has 0 atom stereocenters. The van der Waals surface area contributed by atoms with E-state index < -0.39 is 15.6 Å². The monoisotopic (exact) mass is 777 g/mol. The number of hydrogen-bond donors (Lipinski definition) is 2. The molecule has 0 unspecified atom stereocenters. The van der Waals surface area contributed by atoms with Gasteiger partial charge >= 0.3 is 0 Å². The molecule has 0 aliphatic carbocycles. The van der Waals surface area contributed by atoms with Crippen LogP contribution in [0.3, 0.4) is 0 Å². The van der Waals surface area contributed by atoms with Crippen LogP contribution in [0.25, 0.3) is 11.1 Å². The molecule has 55 heavy (non-hydrogen) atoms. The lowest BCUT2D eigenvalue weighted by Gasteiger charge is -2.40. The van der Waals surface area contributed by atoms with Gasteiger partial charge in [0, 0.05) is 50.0 Å². The van der Waals surface area contributed by atoms with Crippen LogP contribution in [0.5, 0.6) is 11.5 Å². The Morgan fingerprint density at radius 2 is 1.55 bits per heavy atom. The molecular formula is C43H44ClN5O5S. The number of carbonyl (C=O) groups excluding carboxylic acids is 1. The van der Waals surface area contributed by atoms with Gasteiger partial charge in [-0.25, -0.2) is 13.6 Å². The van der Waals surface area contributed by atoms with Crippen molar-refractivity contribution in [1.82, 2.24) is 10.2 Å². The lowest BCUT2D eigenvalue weighted by molar-refractivity contribution is -0.137. The average molecular weight is 778 g/mol. The van der Waals surface area contributed by atoms with E-state index in [2.05, 4.69) is 41.4 Å². The molecule has 0 radical (unpaired) electrons. The second-order valence-electron chi connectivity index (χ2n) is 14.0. The normalized spacial score (nSPS) is 13.3. The lowest BCUT2D eigenvalue weighted by atomic mass is 9.97. The summed E-state index contributed by atoms with van der Waals surface area (Å²) in [7, 11) is -3.77. The molecule has 0 aromatic heterocycles. The summed E-state index contributed by atoms with van der Waals surface area (Å²) in [4.78, 5) is 17.8. The molecule has 1 amide bonds. The molecule has 1 aliphatic rings. The van der Waals surface area contributed by atoms with E-state index in [4.69, 9.17) is 26.2 Å². The van der Waals surface area contributed by atoms with Crippen molar-refractivity contribution in [1.29, 1.82) is 5.26 Å². The van der Waals surface area contributed by atoms with Crippen molar-refractivity contribution in [3.63, 3.8) is 0 Å². The Morgan fingerprint density at radius 3 is 2.24 bits per heavy atom. The molecule has 0 spiro atoms. The average Bonchev–Trinajstić information content (AvgIpc) is 3.19. The highest BCUT2D eigenvalue weighted by Crippen LogP contribution is 2.35. The number of nitrogens with two attached hydrogens (primary N) is 1. The van der Waals surface area contributed by atoms with Crippen molar-refractivity contribution in [3.8, 4) is 28.7 Å². The van der Waals surface area contributed by atoms with Crippen LogP contribution in [0.15, 0.2) is 114 Å². The van der Waals surface area contributed by atoms with Crippen LogP contribution in [0.2, 0.25) is 5.02 Å². The molecule has 0 bridgehead atoms. The zero-order valence-corrected chi connectivity index (χ0v) is 32.7. The topological polar surface area (TPSA) is 138 Å². The molecular weight excluding hydrogens is 734 g/mol. The van der Waals surface area contributed by atoms with Gasteiger partial charge in [0.2, 0.25) is 15.9 Å². The first-order valence-electron chi connectivity index (χ1n) is 18.0. The molecule has 1 heterocycles. The number of ether oxygens (including phenoxy) is 2. The quantitative estimate of drug-likeness (QED) is 0.128. The van der Waals surface area contributed by atoms with Gasteiger partial charge in [0.05, 0.1) is 27.1 Å². The first-order valence-corrected chi connectivity index (χ1v) is 19.9. The van der Waals surface area contributed by atoms with Crippen LogP contribution in [0.1, 0.15) is 41.7 Å². The fourth-order valence-electron chi connectivity index (χ4n) is 6.58. The van der Waals surface area contributed by atoms with Crippen molar-refractivity contribution < 1.29 is 22.7 Å². The van der Waals surface area contributed by atoms with Gasteiger partial charge in [0.15, 0.2) is 0 Å². The van der Waals surface area contributed by atoms with Gasteiger partial charge in [-0.15, -0.1) is 0 Å². The van der Waals surface area contributed by atoms with Gasteiger partial charge in [0.25, 0.3) is 0 Å². The van der Waals surface area contributed by atoms with E-state index in [1.807, 2.05) is 61.2 Å². The van der Waals surface area contributed by atoms with Crippen molar-refractivity contribution in [2.75, 3.05) is 31.1 Å². The smallest absolute Gasteiger partial charge is 0.242 e. The molecule has 3 N–H and O–H groups in total. The second-order valence-corrected chi connectivity index (χ2v) is 16.0. The van der Waals surface area contributed by atoms with E-state index in [9.17, 15) is 18.5 Å². The Kier molecular flexibility index (Phi) is 12.1. The number of carbonyl (C=O) groups is 1. The third-order valence-electron chi connectivity index (χ3n) is 9.83. The summed E-state index contributed by atoms with van der Waals surface area (Å²) < 4.78 is 36.0. The molecule has 6 rings (SSSR count). The minimum atomic E-state index is -3.77. The SMILES string of the molecule is Cc1c(COc2cc(OCc3cccc(C#N)c3)c(CNC(C)(C)C(=O)N3CCN(c4ccc(S(N)(=O)=O)cc4)CC3)cc2Cl)cccc1-c1ccccc1. The van der Waals surface area contributed by atoms with Crippen molar-refractivity contribution in [3.05, 3.63) is 142 Å². The van der Waals surface area contributed by atoms with Crippen molar-refractivity contribution in [2.24, 2.45) is 5.14 Å². The third-order valence-corrected chi connectivity index (χ3v) is 11.1. The van der Waals surface area contributed by atoms with Crippen LogP contribution in [-0.4, -0.2) is 50.9 Å². The Labute approximate surface area is 328 Å². The summed E-state index contributed by atoms with van der Waals surface area (Å²) in [6, 6.07) is 35.8. The maximum absolute atomic E-state index is 13.8. The molecule has 284 valence electrons. The molecule has 12 heteroatoms. The number of piperazine rings is 1. The molecule has 10 nitrogen and oxygen atoms in total. The second kappa shape index (κ2) is 17.0. The predicted molar refractivity (Wildman–Crippen MR) is 215 cm³/mol. The third kappa shape index (κ3) is 9.65. The van der Waals surface area contributed by atoms with Crippen molar-refractivity contribution in [2.45, 2.75) is 51.0 Å². The summed E-state index contributed by atoms with van der Waals surface area (Å²) in [5.41, 5.74) is 6.46. The van der Waals surface area contributed by atoms with Gasteiger partial charge in [-0.3, -0.25) is 10.1 Å². The first kappa shape index (κ1) is 39.3. The summed E-state index contributed by atoms with van der Waals surface area (Å²) >= 11 is 6.86. The first-order chi connectivity index (χ1) is 26.3.